The van der Waals surface area contributed by atoms with Crippen LogP contribution in [0.2, 0.25) is 0 Å². The number of nitrogens with zero attached hydrogens (tertiary/aromatic N) is 2. The molecule has 0 spiro atoms. The highest BCUT2D eigenvalue weighted by molar-refractivity contribution is 5.67. The molecule has 3 heteroatoms. The summed E-state index contributed by atoms with van der Waals surface area (Å²) >= 11 is 0. The summed E-state index contributed by atoms with van der Waals surface area (Å²) in [7, 11) is 4.10. The van der Waals surface area contributed by atoms with E-state index in [-0.39, 0.29) is 0 Å². The van der Waals surface area contributed by atoms with Crippen molar-refractivity contribution in [1.29, 1.82) is 0 Å². The molecule has 0 saturated heterocycles. The third-order valence-corrected chi connectivity index (χ3v) is 2.70. The van der Waals surface area contributed by atoms with Gasteiger partial charge in [0.1, 0.15) is 0 Å². The van der Waals surface area contributed by atoms with Crippen LogP contribution in [0.15, 0.2) is 18.5 Å². The van der Waals surface area contributed by atoms with Crippen molar-refractivity contribution in [3.8, 4) is 0 Å². The minimum Gasteiger partial charge on any atom is -0.382 e. The first-order valence-electron chi connectivity index (χ1n) is 6.00. The molecule has 1 unspecified atom stereocenters. The van der Waals surface area contributed by atoms with Crippen LogP contribution < -0.4 is 10.2 Å². The van der Waals surface area contributed by atoms with Crippen molar-refractivity contribution in [2.75, 3.05) is 30.9 Å². The molecule has 0 aliphatic rings. The highest BCUT2D eigenvalue weighted by Crippen LogP contribution is 2.22. The highest BCUT2D eigenvalue weighted by Gasteiger charge is 2.05. The first-order chi connectivity index (χ1) is 7.65. The summed E-state index contributed by atoms with van der Waals surface area (Å²) in [6, 6.07) is 2.03. The number of anilines is 2. The lowest BCUT2D eigenvalue weighted by Gasteiger charge is -2.19. The summed E-state index contributed by atoms with van der Waals surface area (Å²) in [5.74, 6) is 0.709. The lowest BCUT2D eigenvalue weighted by molar-refractivity contribution is 0.550. The van der Waals surface area contributed by atoms with E-state index in [4.69, 9.17) is 0 Å². The van der Waals surface area contributed by atoms with Gasteiger partial charge in [0.15, 0.2) is 0 Å². The molecule has 3 nitrogen and oxygen atoms in total. The lowest BCUT2D eigenvalue weighted by Crippen LogP contribution is -2.16. The monoisotopic (exact) mass is 221 g/mol. The molecule has 16 heavy (non-hydrogen) atoms. The number of rotatable bonds is 6. The fourth-order valence-electron chi connectivity index (χ4n) is 1.79. The van der Waals surface area contributed by atoms with Gasteiger partial charge in [-0.05, 0) is 18.4 Å². The Labute approximate surface area is 98.9 Å². The average molecular weight is 221 g/mol. The minimum absolute atomic E-state index is 0.709. The van der Waals surface area contributed by atoms with Gasteiger partial charge in [-0.3, -0.25) is 4.98 Å². The molecule has 1 rings (SSSR count). The predicted octanol–water partition coefficient (Wildman–Crippen LogP) is 3.00. The summed E-state index contributed by atoms with van der Waals surface area (Å²) in [6.45, 7) is 5.52. The van der Waals surface area contributed by atoms with Crippen molar-refractivity contribution in [1.82, 2.24) is 4.98 Å². The molecule has 0 aliphatic carbocycles. The van der Waals surface area contributed by atoms with Gasteiger partial charge < -0.3 is 10.2 Å². The van der Waals surface area contributed by atoms with Crippen molar-refractivity contribution in [2.45, 2.75) is 26.7 Å². The van der Waals surface area contributed by atoms with Crippen LogP contribution in [-0.4, -0.2) is 25.6 Å². The standard InChI is InChI=1S/C13H23N3/c1-5-6-11(2)9-15-12-10-14-8-7-13(12)16(3)4/h7-8,10-11,15H,5-6,9H2,1-4H3. The molecule has 1 aromatic rings. The number of aromatic nitrogens is 1. The molecule has 1 heterocycles. The van der Waals surface area contributed by atoms with E-state index < -0.39 is 0 Å². The van der Waals surface area contributed by atoms with Crippen LogP contribution in [0.1, 0.15) is 26.7 Å². The van der Waals surface area contributed by atoms with Crippen LogP contribution in [0.5, 0.6) is 0 Å². The highest BCUT2D eigenvalue weighted by atomic mass is 15.1. The van der Waals surface area contributed by atoms with Gasteiger partial charge in [0, 0.05) is 26.8 Å². The van der Waals surface area contributed by atoms with Crippen LogP contribution in [0.3, 0.4) is 0 Å². The summed E-state index contributed by atoms with van der Waals surface area (Å²) < 4.78 is 0. The van der Waals surface area contributed by atoms with Gasteiger partial charge in [-0.1, -0.05) is 20.3 Å². The van der Waals surface area contributed by atoms with Gasteiger partial charge in [-0.15, -0.1) is 0 Å². The van der Waals surface area contributed by atoms with Crippen LogP contribution in [0, 0.1) is 5.92 Å². The molecule has 0 amide bonds. The molecule has 1 atom stereocenters. The van der Waals surface area contributed by atoms with Crippen LogP contribution in [0.25, 0.3) is 0 Å². The minimum atomic E-state index is 0.709. The first kappa shape index (κ1) is 12.8. The van der Waals surface area contributed by atoms with Crippen LogP contribution in [-0.2, 0) is 0 Å². The molecular weight excluding hydrogens is 198 g/mol. The van der Waals surface area contributed by atoms with E-state index in [0.29, 0.717) is 5.92 Å². The van der Waals surface area contributed by atoms with Crippen LogP contribution >= 0.6 is 0 Å². The Hall–Kier alpha value is -1.25. The average Bonchev–Trinajstić information content (AvgIpc) is 2.27. The lowest BCUT2D eigenvalue weighted by atomic mass is 10.1. The maximum absolute atomic E-state index is 4.16. The SMILES string of the molecule is CCCC(C)CNc1cnccc1N(C)C. The van der Waals surface area contributed by atoms with Crippen LogP contribution in [0.4, 0.5) is 11.4 Å². The summed E-state index contributed by atoms with van der Waals surface area (Å²) in [5, 5.41) is 3.48. The Balaban J connectivity index is 2.59. The largest absolute Gasteiger partial charge is 0.382 e. The fourth-order valence-corrected chi connectivity index (χ4v) is 1.79. The Morgan fingerprint density at radius 2 is 2.19 bits per heavy atom. The smallest absolute Gasteiger partial charge is 0.0764 e. The fraction of sp³-hybridized carbons (Fsp3) is 0.615. The molecule has 0 fully saturated rings. The summed E-state index contributed by atoms with van der Waals surface area (Å²) in [5.41, 5.74) is 2.31. The van der Waals surface area contributed by atoms with Crippen molar-refractivity contribution >= 4 is 11.4 Å². The Kier molecular flexibility index (Phi) is 5.09. The van der Waals surface area contributed by atoms with Crippen molar-refractivity contribution < 1.29 is 0 Å². The van der Waals surface area contributed by atoms with Gasteiger partial charge in [0.2, 0.25) is 0 Å². The molecule has 0 bridgehead atoms. The Bertz CT molecular complexity index is 310. The van der Waals surface area contributed by atoms with Gasteiger partial charge in [-0.25, -0.2) is 0 Å². The van der Waals surface area contributed by atoms with E-state index >= 15 is 0 Å². The maximum Gasteiger partial charge on any atom is 0.0764 e. The number of hydrogen-bond donors (Lipinski definition) is 1. The quantitative estimate of drug-likeness (QED) is 0.800. The molecular formula is C13H23N3. The van der Waals surface area contributed by atoms with E-state index in [1.807, 2.05) is 18.5 Å². The molecule has 1 aromatic heterocycles. The molecule has 0 aliphatic heterocycles. The topological polar surface area (TPSA) is 28.2 Å². The van der Waals surface area contributed by atoms with Gasteiger partial charge >= 0.3 is 0 Å². The van der Waals surface area contributed by atoms with E-state index in [2.05, 4.69) is 43.1 Å². The van der Waals surface area contributed by atoms with Gasteiger partial charge in [0.05, 0.1) is 17.6 Å². The first-order valence-corrected chi connectivity index (χ1v) is 6.00. The normalized spacial score (nSPS) is 12.2. The zero-order valence-electron chi connectivity index (χ0n) is 10.8. The molecule has 0 radical (unpaired) electrons. The molecule has 0 saturated carbocycles. The third-order valence-electron chi connectivity index (χ3n) is 2.70. The molecule has 0 aromatic carbocycles. The van der Waals surface area contributed by atoms with Gasteiger partial charge in [-0.2, -0.15) is 0 Å². The predicted molar refractivity (Wildman–Crippen MR) is 71.1 cm³/mol. The summed E-state index contributed by atoms with van der Waals surface area (Å²) in [4.78, 5) is 6.27. The second kappa shape index (κ2) is 6.36. The van der Waals surface area contributed by atoms with Gasteiger partial charge in [0.25, 0.3) is 0 Å². The second-order valence-corrected chi connectivity index (χ2v) is 4.56. The zero-order chi connectivity index (χ0) is 12.0. The Morgan fingerprint density at radius 3 is 2.81 bits per heavy atom. The van der Waals surface area contributed by atoms with E-state index in [1.54, 1.807) is 0 Å². The number of hydrogen-bond acceptors (Lipinski definition) is 3. The van der Waals surface area contributed by atoms with Crippen molar-refractivity contribution in [3.63, 3.8) is 0 Å². The number of nitrogens with one attached hydrogen (secondary N) is 1. The number of pyridine rings is 1. The molecule has 90 valence electrons. The maximum atomic E-state index is 4.16. The van der Waals surface area contributed by atoms with E-state index in [9.17, 15) is 0 Å². The van der Waals surface area contributed by atoms with E-state index in [0.717, 1.165) is 12.2 Å². The Morgan fingerprint density at radius 1 is 1.44 bits per heavy atom. The second-order valence-electron chi connectivity index (χ2n) is 4.56. The van der Waals surface area contributed by atoms with E-state index in [1.165, 1.54) is 18.5 Å². The zero-order valence-corrected chi connectivity index (χ0v) is 10.8. The summed E-state index contributed by atoms with van der Waals surface area (Å²) in [6.07, 6.45) is 6.24. The third kappa shape index (κ3) is 3.72. The van der Waals surface area contributed by atoms with Crippen molar-refractivity contribution in [3.05, 3.63) is 18.5 Å². The molecule has 1 N–H and O–H groups in total. The van der Waals surface area contributed by atoms with Crippen molar-refractivity contribution in [2.24, 2.45) is 5.92 Å².